The van der Waals surface area contributed by atoms with Gasteiger partial charge in [0.2, 0.25) is 5.91 Å². The first-order valence-corrected chi connectivity index (χ1v) is 9.50. The topological polar surface area (TPSA) is 69.7 Å². The molecule has 7 heteroatoms. The van der Waals surface area contributed by atoms with E-state index in [1.807, 2.05) is 31.2 Å². The lowest BCUT2D eigenvalue weighted by Crippen LogP contribution is -2.46. The van der Waals surface area contributed by atoms with Crippen LogP contribution < -0.4 is 10.2 Å². The highest BCUT2D eigenvalue weighted by Crippen LogP contribution is 2.35. The van der Waals surface area contributed by atoms with E-state index in [0.717, 1.165) is 22.6 Å². The van der Waals surface area contributed by atoms with Crippen molar-refractivity contribution >= 4 is 35.1 Å². The first-order chi connectivity index (χ1) is 13.3. The van der Waals surface area contributed by atoms with Gasteiger partial charge < -0.3 is 10.2 Å². The lowest BCUT2D eigenvalue weighted by molar-refractivity contribution is -0.134. The number of hydrogen-bond acceptors (Lipinski definition) is 3. The second kappa shape index (κ2) is 6.63. The van der Waals surface area contributed by atoms with Crippen LogP contribution in [-0.2, 0) is 21.5 Å². The minimum absolute atomic E-state index is 0.0272. The number of carbonyl (C=O) groups is 3. The summed E-state index contributed by atoms with van der Waals surface area (Å²) in [4.78, 5) is 41.3. The Morgan fingerprint density at radius 2 is 1.86 bits per heavy atom. The quantitative estimate of drug-likeness (QED) is 0.809. The Morgan fingerprint density at radius 1 is 1.18 bits per heavy atom. The summed E-state index contributed by atoms with van der Waals surface area (Å²) in [6, 6.07) is 13.9. The third-order valence-corrected chi connectivity index (χ3v) is 5.79. The van der Waals surface area contributed by atoms with Crippen molar-refractivity contribution in [3.8, 4) is 0 Å². The standard InChI is InChI=1S/C21H20ClN3O3/c1-13-11-14-7-3-6-10-17(14)25(13)18(26)12-24-19(27)21(2,23-20(24)28)15-8-4-5-9-16(15)22/h3-10,13H,11-12H2,1-2H3,(H,23,28)/t13-,21+/m0/s1. The van der Waals surface area contributed by atoms with Gasteiger partial charge in [0.1, 0.15) is 12.1 Å². The fraction of sp³-hybridized carbons (Fsp3) is 0.286. The molecule has 28 heavy (non-hydrogen) atoms. The molecule has 2 aliphatic heterocycles. The fourth-order valence-corrected chi connectivity index (χ4v) is 4.37. The number of nitrogens with one attached hydrogen (secondary N) is 1. The number of rotatable bonds is 3. The number of benzene rings is 2. The van der Waals surface area contributed by atoms with E-state index in [9.17, 15) is 14.4 Å². The first-order valence-electron chi connectivity index (χ1n) is 9.12. The zero-order valence-electron chi connectivity index (χ0n) is 15.6. The summed E-state index contributed by atoms with van der Waals surface area (Å²) in [6.07, 6.45) is 0.749. The van der Waals surface area contributed by atoms with E-state index >= 15 is 0 Å². The van der Waals surface area contributed by atoms with Crippen molar-refractivity contribution in [3.63, 3.8) is 0 Å². The van der Waals surface area contributed by atoms with Crippen LogP contribution in [0.5, 0.6) is 0 Å². The van der Waals surface area contributed by atoms with Crippen molar-refractivity contribution in [1.82, 2.24) is 10.2 Å². The number of hydrogen-bond donors (Lipinski definition) is 1. The van der Waals surface area contributed by atoms with E-state index in [4.69, 9.17) is 11.6 Å². The van der Waals surface area contributed by atoms with Gasteiger partial charge in [-0.1, -0.05) is 48.0 Å². The predicted molar refractivity (Wildman–Crippen MR) is 106 cm³/mol. The average Bonchev–Trinajstić information content (AvgIpc) is 3.10. The molecule has 0 spiro atoms. The monoisotopic (exact) mass is 397 g/mol. The molecule has 144 valence electrons. The van der Waals surface area contributed by atoms with Crippen LogP contribution in [-0.4, -0.2) is 35.3 Å². The molecule has 4 amide bonds. The lowest BCUT2D eigenvalue weighted by Gasteiger charge is -2.26. The Kier molecular flexibility index (Phi) is 4.38. The molecule has 0 unspecified atom stereocenters. The molecule has 1 fully saturated rings. The van der Waals surface area contributed by atoms with Crippen LogP contribution in [0.4, 0.5) is 10.5 Å². The molecule has 1 N–H and O–H groups in total. The van der Waals surface area contributed by atoms with Gasteiger partial charge in [-0.25, -0.2) is 4.79 Å². The summed E-state index contributed by atoms with van der Waals surface area (Å²) in [5, 5.41) is 3.08. The number of urea groups is 1. The number of anilines is 1. The zero-order valence-corrected chi connectivity index (χ0v) is 16.4. The zero-order chi connectivity index (χ0) is 20.1. The fourth-order valence-electron chi connectivity index (χ4n) is 4.05. The van der Waals surface area contributed by atoms with Gasteiger partial charge in [0.05, 0.1) is 0 Å². The minimum atomic E-state index is -1.30. The second-order valence-corrected chi connectivity index (χ2v) is 7.78. The highest BCUT2D eigenvalue weighted by molar-refractivity contribution is 6.32. The summed E-state index contributed by atoms with van der Waals surface area (Å²) in [5.41, 5.74) is 1.12. The number of halogens is 1. The summed E-state index contributed by atoms with van der Waals surface area (Å²) in [6.45, 7) is 3.24. The summed E-state index contributed by atoms with van der Waals surface area (Å²) >= 11 is 6.24. The van der Waals surface area contributed by atoms with E-state index in [-0.39, 0.29) is 18.5 Å². The Balaban J connectivity index is 1.59. The largest absolute Gasteiger partial charge is 0.325 e. The Morgan fingerprint density at radius 3 is 2.61 bits per heavy atom. The summed E-state index contributed by atoms with van der Waals surface area (Å²) < 4.78 is 0. The molecule has 2 heterocycles. The second-order valence-electron chi connectivity index (χ2n) is 7.37. The van der Waals surface area contributed by atoms with Crippen LogP contribution in [0.3, 0.4) is 0 Å². The maximum atomic E-state index is 13.1. The van der Waals surface area contributed by atoms with Crippen LogP contribution in [0.25, 0.3) is 0 Å². The van der Waals surface area contributed by atoms with Gasteiger partial charge in [0, 0.05) is 22.3 Å². The average molecular weight is 398 g/mol. The van der Waals surface area contributed by atoms with Crippen LogP contribution in [0.2, 0.25) is 5.02 Å². The van der Waals surface area contributed by atoms with Gasteiger partial charge in [-0.3, -0.25) is 14.5 Å². The van der Waals surface area contributed by atoms with Crippen molar-refractivity contribution in [3.05, 3.63) is 64.7 Å². The smallest absolute Gasteiger partial charge is 0.319 e. The number of nitrogens with zero attached hydrogens (tertiary/aromatic N) is 2. The molecule has 1 saturated heterocycles. The molecule has 0 aliphatic carbocycles. The van der Waals surface area contributed by atoms with Crippen molar-refractivity contribution < 1.29 is 14.4 Å². The van der Waals surface area contributed by atoms with E-state index in [0.29, 0.717) is 10.6 Å². The molecular weight excluding hydrogens is 378 g/mol. The minimum Gasteiger partial charge on any atom is -0.319 e. The third-order valence-electron chi connectivity index (χ3n) is 5.46. The predicted octanol–water partition coefficient (Wildman–Crippen LogP) is 3.08. The molecule has 0 aromatic heterocycles. The van der Waals surface area contributed by atoms with E-state index in [1.165, 1.54) is 0 Å². The third kappa shape index (κ3) is 2.76. The van der Waals surface area contributed by atoms with Crippen LogP contribution in [0.15, 0.2) is 48.5 Å². The molecule has 0 bridgehead atoms. The summed E-state index contributed by atoms with van der Waals surface area (Å²) in [5.74, 6) is -0.775. The molecule has 6 nitrogen and oxygen atoms in total. The molecular formula is C21H20ClN3O3. The maximum Gasteiger partial charge on any atom is 0.325 e. The van der Waals surface area contributed by atoms with Crippen molar-refractivity contribution in [2.75, 3.05) is 11.4 Å². The van der Waals surface area contributed by atoms with Gasteiger partial charge in [-0.15, -0.1) is 0 Å². The Bertz CT molecular complexity index is 992. The van der Waals surface area contributed by atoms with Crippen molar-refractivity contribution in [2.24, 2.45) is 0 Å². The number of para-hydroxylation sites is 1. The van der Waals surface area contributed by atoms with Gasteiger partial charge in [0.25, 0.3) is 5.91 Å². The SMILES string of the molecule is C[C@H]1Cc2ccccc2N1C(=O)CN1C(=O)N[C@](C)(c2ccccc2Cl)C1=O. The number of fused-ring (bicyclic) bond motifs is 1. The van der Waals surface area contributed by atoms with E-state index in [1.54, 1.807) is 36.1 Å². The van der Waals surface area contributed by atoms with E-state index in [2.05, 4.69) is 5.32 Å². The Labute approximate surface area is 168 Å². The highest BCUT2D eigenvalue weighted by atomic mass is 35.5. The normalized spacial score (nSPS) is 23.8. The summed E-state index contributed by atoms with van der Waals surface area (Å²) in [7, 11) is 0. The number of imide groups is 1. The number of carbonyl (C=O) groups excluding carboxylic acids is 3. The van der Waals surface area contributed by atoms with Gasteiger partial charge in [0.15, 0.2) is 0 Å². The van der Waals surface area contributed by atoms with E-state index < -0.39 is 17.5 Å². The molecule has 4 rings (SSSR count). The van der Waals surface area contributed by atoms with Crippen LogP contribution in [0.1, 0.15) is 25.0 Å². The highest BCUT2D eigenvalue weighted by Gasteiger charge is 2.50. The molecule has 2 aliphatic rings. The molecule has 2 aromatic rings. The number of amides is 4. The van der Waals surface area contributed by atoms with Gasteiger partial charge in [-0.2, -0.15) is 0 Å². The van der Waals surface area contributed by atoms with Crippen LogP contribution in [0, 0.1) is 0 Å². The molecule has 0 radical (unpaired) electrons. The molecule has 0 saturated carbocycles. The molecule has 2 atom stereocenters. The van der Waals surface area contributed by atoms with Crippen LogP contribution >= 0.6 is 11.6 Å². The van der Waals surface area contributed by atoms with Crippen molar-refractivity contribution in [1.29, 1.82) is 0 Å². The maximum absolute atomic E-state index is 13.1. The first kappa shape index (κ1) is 18.5. The lowest BCUT2D eigenvalue weighted by atomic mass is 9.92. The van der Waals surface area contributed by atoms with Crippen molar-refractivity contribution in [2.45, 2.75) is 31.8 Å². The Hall–Kier alpha value is -2.86. The van der Waals surface area contributed by atoms with Gasteiger partial charge in [-0.05, 0) is 38.0 Å². The van der Waals surface area contributed by atoms with Gasteiger partial charge >= 0.3 is 6.03 Å². The molecule has 2 aromatic carbocycles.